The fourth-order valence-electron chi connectivity index (χ4n) is 2.39. The van der Waals surface area contributed by atoms with E-state index < -0.39 is 0 Å². The minimum Gasteiger partial charge on any atom is -0.302 e. The second-order valence-electron chi connectivity index (χ2n) is 4.75. The quantitative estimate of drug-likeness (QED) is 0.420. The van der Waals surface area contributed by atoms with Crippen LogP contribution in [0.25, 0.3) is 0 Å². The standard InChI is InChI=1S/C13H27ClN2/c1-3-5-7-10-15-13-9-6-8-11-16(13)12(14)4-2/h12-13,15H,3-11H2,1-2H3. The summed E-state index contributed by atoms with van der Waals surface area (Å²) in [5.74, 6) is 0. The molecule has 0 radical (unpaired) electrons. The number of alkyl halides is 1. The Balaban J connectivity index is 2.29. The summed E-state index contributed by atoms with van der Waals surface area (Å²) < 4.78 is 0. The zero-order chi connectivity index (χ0) is 11.8. The van der Waals surface area contributed by atoms with Crippen molar-refractivity contribution in [3.05, 3.63) is 0 Å². The Kier molecular flexibility index (Phi) is 7.42. The Morgan fingerprint density at radius 1 is 1.31 bits per heavy atom. The molecule has 0 aliphatic carbocycles. The van der Waals surface area contributed by atoms with Gasteiger partial charge in [-0.15, -0.1) is 11.6 Å². The van der Waals surface area contributed by atoms with Crippen molar-refractivity contribution in [2.45, 2.75) is 70.5 Å². The third-order valence-corrected chi connectivity index (χ3v) is 3.96. The molecule has 0 bridgehead atoms. The highest BCUT2D eigenvalue weighted by Crippen LogP contribution is 2.21. The van der Waals surface area contributed by atoms with E-state index in [1.54, 1.807) is 0 Å². The summed E-state index contributed by atoms with van der Waals surface area (Å²) in [4.78, 5) is 2.44. The summed E-state index contributed by atoms with van der Waals surface area (Å²) in [6.07, 6.45) is 9.38. The normalized spacial score (nSPS) is 24.6. The summed E-state index contributed by atoms with van der Waals surface area (Å²) in [7, 11) is 0. The summed E-state index contributed by atoms with van der Waals surface area (Å²) in [5, 5.41) is 3.66. The number of unbranched alkanes of at least 4 members (excludes halogenated alkanes) is 2. The third kappa shape index (κ3) is 4.60. The van der Waals surface area contributed by atoms with Gasteiger partial charge >= 0.3 is 0 Å². The lowest BCUT2D eigenvalue weighted by Crippen LogP contribution is -2.51. The summed E-state index contributed by atoms with van der Waals surface area (Å²) >= 11 is 6.36. The van der Waals surface area contributed by atoms with Gasteiger partial charge in [0.25, 0.3) is 0 Å². The zero-order valence-corrected chi connectivity index (χ0v) is 11.6. The van der Waals surface area contributed by atoms with E-state index in [2.05, 4.69) is 24.1 Å². The van der Waals surface area contributed by atoms with Crippen LogP contribution in [-0.2, 0) is 0 Å². The Labute approximate surface area is 106 Å². The number of rotatable bonds is 7. The van der Waals surface area contributed by atoms with Crippen molar-refractivity contribution in [3.8, 4) is 0 Å². The van der Waals surface area contributed by atoms with Crippen LogP contribution < -0.4 is 5.32 Å². The highest BCUT2D eigenvalue weighted by molar-refractivity contribution is 6.20. The number of piperidine rings is 1. The van der Waals surface area contributed by atoms with E-state index in [9.17, 15) is 0 Å². The number of hydrogen-bond donors (Lipinski definition) is 1. The highest BCUT2D eigenvalue weighted by Gasteiger charge is 2.25. The molecule has 1 aliphatic rings. The number of likely N-dealkylation sites (tertiary alicyclic amines) is 1. The van der Waals surface area contributed by atoms with Gasteiger partial charge in [-0.1, -0.05) is 26.7 Å². The van der Waals surface area contributed by atoms with E-state index in [1.165, 1.54) is 38.5 Å². The minimum atomic E-state index is 0.212. The molecule has 0 aromatic rings. The smallest absolute Gasteiger partial charge is 0.0859 e. The van der Waals surface area contributed by atoms with Crippen LogP contribution in [0.2, 0.25) is 0 Å². The molecule has 0 aromatic heterocycles. The Bertz CT molecular complexity index is 175. The molecule has 0 aromatic carbocycles. The molecular weight excluding hydrogens is 220 g/mol. The first-order chi connectivity index (χ1) is 7.79. The molecule has 0 spiro atoms. The molecule has 1 saturated heterocycles. The zero-order valence-electron chi connectivity index (χ0n) is 10.8. The topological polar surface area (TPSA) is 15.3 Å². The first kappa shape index (κ1) is 14.3. The number of halogens is 1. The van der Waals surface area contributed by atoms with Gasteiger partial charge in [0.05, 0.1) is 11.7 Å². The van der Waals surface area contributed by atoms with E-state index in [0.717, 1.165) is 19.5 Å². The Morgan fingerprint density at radius 2 is 2.12 bits per heavy atom. The number of nitrogens with zero attached hydrogens (tertiary/aromatic N) is 1. The predicted molar refractivity (Wildman–Crippen MR) is 71.8 cm³/mol. The Morgan fingerprint density at radius 3 is 2.81 bits per heavy atom. The number of nitrogens with one attached hydrogen (secondary N) is 1. The van der Waals surface area contributed by atoms with Crippen LogP contribution in [0.4, 0.5) is 0 Å². The summed E-state index contributed by atoms with van der Waals surface area (Å²) in [6.45, 7) is 6.72. The minimum absolute atomic E-state index is 0.212. The lowest BCUT2D eigenvalue weighted by Gasteiger charge is -2.39. The number of hydrogen-bond acceptors (Lipinski definition) is 2. The second-order valence-corrected chi connectivity index (χ2v) is 5.26. The third-order valence-electron chi connectivity index (χ3n) is 3.40. The first-order valence-corrected chi connectivity index (χ1v) is 7.36. The first-order valence-electron chi connectivity index (χ1n) is 6.92. The van der Waals surface area contributed by atoms with Gasteiger partial charge < -0.3 is 5.32 Å². The largest absolute Gasteiger partial charge is 0.302 e. The van der Waals surface area contributed by atoms with E-state index in [0.29, 0.717) is 6.17 Å². The molecule has 3 heteroatoms. The maximum Gasteiger partial charge on any atom is 0.0859 e. The van der Waals surface area contributed by atoms with Crippen LogP contribution in [0.3, 0.4) is 0 Å². The molecule has 1 heterocycles. The van der Waals surface area contributed by atoms with Crippen molar-refractivity contribution in [1.29, 1.82) is 0 Å². The molecule has 2 unspecified atom stereocenters. The van der Waals surface area contributed by atoms with Gasteiger partial charge in [-0.25, -0.2) is 0 Å². The average molecular weight is 247 g/mol. The van der Waals surface area contributed by atoms with Crippen LogP contribution in [0.5, 0.6) is 0 Å². The molecule has 2 nitrogen and oxygen atoms in total. The van der Waals surface area contributed by atoms with Gasteiger partial charge in [-0.2, -0.15) is 0 Å². The predicted octanol–water partition coefficient (Wildman–Crippen LogP) is 3.55. The van der Waals surface area contributed by atoms with Crippen molar-refractivity contribution < 1.29 is 0 Å². The highest BCUT2D eigenvalue weighted by atomic mass is 35.5. The van der Waals surface area contributed by atoms with E-state index in [-0.39, 0.29) is 5.50 Å². The van der Waals surface area contributed by atoms with Crippen molar-refractivity contribution >= 4 is 11.6 Å². The van der Waals surface area contributed by atoms with Crippen LogP contribution in [0.1, 0.15) is 58.8 Å². The fraction of sp³-hybridized carbons (Fsp3) is 1.00. The van der Waals surface area contributed by atoms with Gasteiger partial charge in [0, 0.05) is 6.54 Å². The van der Waals surface area contributed by atoms with Crippen molar-refractivity contribution in [2.24, 2.45) is 0 Å². The van der Waals surface area contributed by atoms with Crippen LogP contribution in [0.15, 0.2) is 0 Å². The van der Waals surface area contributed by atoms with Crippen molar-refractivity contribution in [2.75, 3.05) is 13.1 Å². The molecule has 0 saturated carbocycles. The van der Waals surface area contributed by atoms with Gasteiger partial charge in [-0.3, -0.25) is 4.90 Å². The lowest BCUT2D eigenvalue weighted by molar-refractivity contribution is 0.104. The maximum atomic E-state index is 6.36. The molecule has 1 rings (SSSR count). The maximum absolute atomic E-state index is 6.36. The van der Waals surface area contributed by atoms with Crippen molar-refractivity contribution in [1.82, 2.24) is 10.2 Å². The Hall–Kier alpha value is 0.210. The lowest BCUT2D eigenvalue weighted by atomic mass is 10.1. The molecule has 1 aliphatic heterocycles. The van der Waals surface area contributed by atoms with Crippen LogP contribution in [-0.4, -0.2) is 29.7 Å². The fourth-order valence-corrected chi connectivity index (χ4v) is 2.62. The van der Waals surface area contributed by atoms with Crippen LogP contribution >= 0.6 is 11.6 Å². The van der Waals surface area contributed by atoms with E-state index in [1.807, 2.05) is 0 Å². The van der Waals surface area contributed by atoms with Gasteiger partial charge in [0.1, 0.15) is 0 Å². The molecule has 16 heavy (non-hydrogen) atoms. The van der Waals surface area contributed by atoms with Crippen LogP contribution in [0, 0.1) is 0 Å². The average Bonchev–Trinajstić information content (AvgIpc) is 2.34. The van der Waals surface area contributed by atoms with Crippen molar-refractivity contribution in [3.63, 3.8) is 0 Å². The molecule has 2 atom stereocenters. The van der Waals surface area contributed by atoms with E-state index in [4.69, 9.17) is 11.6 Å². The summed E-state index contributed by atoms with van der Waals surface area (Å²) in [6, 6.07) is 0. The molecule has 0 amide bonds. The van der Waals surface area contributed by atoms with Gasteiger partial charge in [0.2, 0.25) is 0 Å². The SMILES string of the molecule is CCCCCNC1CCCCN1C(Cl)CC. The molecule has 1 N–H and O–H groups in total. The molecule has 96 valence electrons. The monoisotopic (exact) mass is 246 g/mol. The van der Waals surface area contributed by atoms with E-state index >= 15 is 0 Å². The molecule has 1 fully saturated rings. The van der Waals surface area contributed by atoms with Gasteiger partial charge in [0.15, 0.2) is 0 Å². The second kappa shape index (κ2) is 8.32. The molecular formula is C13H27ClN2. The van der Waals surface area contributed by atoms with Gasteiger partial charge in [-0.05, 0) is 38.6 Å². The summed E-state index contributed by atoms with van der Waals surface area (Å²) in [5.41, 5.74) is 0.212.